The molecule has 7 heteroatoms. The second kappa shape index (κ2) is 6.88. The van der Waals surface area contributed by atoms with E-state index in [0.29, 0.717) is 23.8 Å². The molecule has 0 fully saturated rings. The number of aryl methyl sites for hydroxylation is 1. The highest BCUT2D eigenvalue weighted by Gasteiger charge is 2.30. The molecule has 0 atom stereocenters. The minimum Gasteiger partial charge on any atom is -0.350 e. The number of rotatable bonds is 6. The van der Waals surface area contributed by atoms with Gasteiger partial charge in [-0.2, -0.15) is 4.98 Å². The zero-order chi connectivity index (χ0) is 17.9. The Morgan fingerprint density at radius 3 is 2.64 bits per heavy atom. The highest BCUT2D eigenvalue weighted by Crippen LogP contribution is 2.21. The minimum atomic E-state index is -0.799. The smallest absolute Gasteiger partial charge is 0.290 e. The van der Waals surface area contributed by atoms with Gasteiger partial charge >= 0.3 is 0 Å². The van der Waals surface area contributed by atoms with Crippen LogP contribution in [0.4, 0.5) is 0 Å². The van der Waals surface area contributed by atoms with Crippen LogP contribution in [0.2, 0.25) is 0 Å². The quantitative estimate of drug-likeness (QED) is 0.739. The zero-order valence-electron chi connectivity index (χ0n) is 14.4. The molecule has 0 aliphatic rings. The van der Waals surface area contributed by atoms with Crippen molar-refractivity contribution in [1.82, 2.24) is 20.6 Å². The average molecular weight is 340 g/mol. The predicted molar refractivity (Wildman–Crippen MR) is 90.7 cm³/mol. The van der Waals surface area contributed by atoms with Gasteiger partial charge in [0.25, 0.3) is 5.91 Å². The maximum Gasteiger partial charge on any atom is 0.290 e. The summed E-state index contributed by atoms with van der Waals surface area (Å²) in [7, 11) is 0. The fraction of sp³-hybridized carbons (Fsp3) is 0.333. The average Bonchev–Trinajstić information content (AvgIpc) is 3.25. The third kappa shape index (κ3) is 3.76. The maximum absolute atomic E-state index is 12.5. The molecule has 0 spiro atoms. The number of nitrogens with zero attached hydrogens (tertiary/aromatic N) is 3. The van der Waals surface area contributed by atoms with E-state index in [2.05, 4.69) is 20.6 Å². The van der Waals surface area contributed by atoms with E-state index in [9.17, 15) is 4.79 Å². The molecule has 3 aromatic rings. The molecule has 25 heavy (non-hydrogen) atoms. The van der Waals surface area contributed by atoms with Crippen molar-refractivity contribution in [3.05, 3.63) is 53.9 Å². The van der Waals surface area contributed by atoms with Gasteiger partial charge in [0.2, 0.25) is 11.7 Å². The number of carbonyl (C=O) groups excluding carboxylic acids is 1. The molecule has 130 valence electrons. The molecule has 0 unspecified atom stereocenters. The molecule has 1 amide bonds. The first-order chi connectivity index (χ1) is 12.0. The van der Waals surface area contributed by atoms with Crippen molar-refractivity contribution < 1.29 is 13.8 Å². The molecule has 0 aliphatic heterocycles. The Kier molecular flexibility index (Phi) is 4.65. The summed E-state index contributed by atoms with van der Waals surface area (Å²) in [5, 5.41) is 10.8. The summed E-state index contributed by atoms with van der Waals surface area (Å²) in [5.74, 6) is 0.726. The number of hydrogen-bond donors (Lipinski definition) is 1. The zero-order valence-corrected chi connectivity index (χ0v) is 14.4. The Balaban J connectivity index is 1.73. The highest BCUT2D eigenvalue weighted by molar-refractivity contribution is 5.92. The van der Waals surface area contributed by atoms with Crippen LogP contribution in [0.15, 0.2) is 45.4 Å². The monoisotopic (exact) mass is 340 g/mol. The van der Waals surface area contributed by atoms with Crippen LogP contribution >= 0.6 is 0 Å². The summed E-state index contributed by atoms with van der Waals surface area (Å²) < 4.78 is 10.4. The number of aromatic nitrogens is 3. The van der Waals surface area contributed by atoms with Crippen molar-refractivity contribution in [2.24, 2.45) is 0 Å². The largest absolute Gasteiger partial charge is 0.350 e. The van der Waals surface area contributed by atoms with Crippen molar-refractivity contribution in [1.29, 1.82) is 0 Å². The lowest BCUT2D eigenvalue weighted by Gasteiger charge is -2.21. The molecule has 0 radical (unpaired) electrons. The Labute approximate surface area is 145 Å². The topological polar surface area (TPSA) is 94.1 Å². The fourth-order valence-electron chi connectivity index (χ4n) is 2.35. The third-order valence-electron chi connectivity index (χ3n) is 3.72. The summed E-state index contributed by atoms with van der Waals surface area (Å²) in [6.07, 6.45) is 1.62. The van der Waals surface area contributed by atoms with Gasteiger partial charge in [-0.3, -0.25) is 4.79 Å². The lowest BCUT2D eigenvalue weighted by atomic mass is 10.0. The Bertz CT molecular complexity index is 852. The first kappa shape index (κ1) is 16.9. The van der Waals surface area contributed by atoms with Crippen molar-refractivity contribution in [3.63, 3.8) is 0 Å². The van der Waals surface area contributed by atoms with Gasteiger partial charge in [-0.05, 0) is 20.3 Å². The molecular formula is C18H20N4O3. The Hall–Kier alpha value is -2.96. The van der Waals surface area contributed by atoms with Crippen LogP contribution in [0.3, 0.4) is 0 Å². The standard InChI is InChI=1S/C18H20N4O3/c1-4-8-15-19-17(22-25-15)18(2,3)20-16(23)14-11-13(21-24-14)12-9-6-5-7-10-12/h5-7,9-11H,4,8H2,1-3H3,(H,20,23). The van der Waals surface area contributed by atoms with Gasteiger partial charge in [0, 0.05) is 18.1 Å². The van der Waals surface area contributed by atoms with Crippen molar-refractivity contribution in [2.75, 3.05) is 0 Å². The van der Waals surface area contributed by atoms with Gasteiger partial charge in [-0.15, -0.1) is 0 Å². The second-order valence-electron chi connectivity index (χ2n) is 6.28. The first-order valence-electron chi connectivity index (χ1n) is 8.17. The van der Waals surface area contributed by atoms with E-state index in [1.807, 2.05) is 37.3 Å². The van der Waals surface area contributed by atoms with E-state index in [-0.39, 0.29) is 11.7 Å². The molecule has 0 aliphatic carbocycles. The Morgan fingerprint density at radius 2 is 1.92 bits per heavy atom. The van der Waals surface area contributed by atoms with Crippen LogP contribution in [-0.4, -0.2) is 21.2 Å². The van der Waals surface area contributed by atoms with E-state index in [4.69, 9.17) is 9.05 Å². The molecule has 7 nitrogen and oxygen atoms in total. The van der Waals surface area contributed by atoms with Gasteiger partial charge in [-0.1, -0.05) is 47.6 Å². The Morgan fingerprint density at radius 1 is 1.16 bits per heavy atom. The number of benzene rings is 1. The summed E-state index contributed by atoms with van der Waals surface area (Å²) >= 11 is 0. The van der Waals surface area contributed by atoms with E-state index in [1.165, 1.54) is 0 Å². The van der Waals surface area contributed by atoms with E-state index in [1.54, 1.807) is 19.9 Å². The summed E-state index contributed by atoms with van der Waals surface area (Å²) in [6.45, 7) is 5.64. The first-order valence-corrected chi connectivity index (χ1v) is 8.17. The van der Waals surface area contributed by atoms with Crippen LogP contribution in [0.25, 0.3) is 11.3 Å². The van der Waals surface area contributed by atoms with Gasteiger partial charge in [0.15, 0.2) is 5.82 Å². The SMILES string of the molecule is CCCc1nc(C(C)(C)NC(=O)c2cc(-c3ccccc3)no2)no1. The number of hydrogen-bond acceptors (Lipinski definition) is 6. The maximum atomic E-state index is 12.5. The van der Waals surface area contributed by atoms with Gasteiger partial charge in [-0.25, -0.2) is 0 Å². The lowest BCUT2D eigenvalue weighted by molar-refractivity contribution is 0.0869. The van der Waals surface area contributed by atoms with Crippen molar-refractivity contribution >= 4 is 5.91 Å². The molecule has 0 bridgehead atoms. The van der Waals surface area contributed by atoms with Gasteiger partial charge < -0.3 is 14.4 Å². The van der Waals surface area contributed by atoms with Gasteiger partial charge in [0.05, 0.1) is 5.54 Å². The van der Waals surface area contributed by atoms with E-state index >= 15 is 0 Å². The molecule has 3 rings (SSSR count). The summed E-state index contributed by atoms with van der Waals surface area (Å²) in [5.41, 5.74) is 0.687. The number of carbonyl (C=O) groups is 1. The van der Waals surface area contributed by atoms with Crippen molar-refractivity contribution in [2.45, 2.75) is 39.2 Å². The van der Waals surface area contributed by atoms with E-state index < -0.39 is 5.54 Å². The van der Waals surface area contributed by atoms with Crippen LogP contribution in [0.5, 0.6) is 0 Å². The molecule has 2 aromatic heterocycles. The summed E-state index contributed by atoms with van der Waals surface area (Å²) in [4.78, 5) is 16.8. The molecular weight excluding hydrogens is 320 g/mol. The van der Waals surface area contributed by atoms with Crippen LogP contribution in [0.1, 0.15) is 49.5 Å². The molecule has 2 heterocycles. The van der Waals surface area contributed by atoms with Crippen LogP contribution in [0, 0.1) is 0 Å². The summed E-state index contributed by atoms with van der Waals surface area (Å²) in [6, 6.07) is 11.1. The predicted octanol–water partition coefficient (Wildman–Crippen LogP) is 3.34. The van der Waals surface area contributed by atoms with Crippen molar-refractivity contribution in [3.8, 4) is 11.3 Å². The molecule has 1 aromatic carbocycles. The minimum absolute atomic E-state index is 0.129. The highest BCUT2D eigenvalue weighted by atomic mass is 16.5. The number of amides is 1. The van der Waals surface area contributed by atoms with Gasteiger partial charge in [0.1, 0.15) is 5.69 Å². The van der Waals surface area contributed by atoms with Crippen LogP contribution in [-0.2, 0) is 12.0 Å². The molecule has 0 saturated heterocycles. The third-order valence-corrected chi connectivity index (χ3v) is 3.72. The molecule has 0 saturated carbocycles. The fourth-order valence-corrected chi connectivity index (χ4v) is 2.35. The number of nitrogens with one attached hydrogen (secondary N) is 1. The second-order valence-corrected chi connectivity index (χ2v) is 6.28. The normalized spacial score (nSPS) is 11.5. The molecule has 1 N–H and O–H groups in total. The van der Waals surface area contributed by atoms with E-state index in [0.717, 1.165) is 12.0 Å². The van der Waals surface area contributed by atoms with Crippen LogP contribution < -0.4 is 5.32 Å². The lowest BCUT2D eigenvalue weighted by Crippen LogP contribution is -2.41.